The number of esters is 1. The van der Waals surface area contributed by atoms with E-state index in [1.165, 1.54) is 56.7 Å². The summed E-state index contributed by atoms with van der Waals surface area (Å²) in [6.07, 6.45) is -4.79. The zero-order valence-electron chi connectivity index (χ0n) is 36.1. The zero-order valence-corrected chi connectivity index (χ0v) is 39.6. The number of imidazole rings is 1. The van der Waals surface area contributed by atoms with Crippen LogP contribution in [-0.4, -0.2) is 166 Å². The van der Waals surface area contributed by atoms with Gasteiger partial charge in [-0.3, -0.25) is 18.6 Å². The SMILES string of the molecule is CC(C)SSC(CN=[N+]=[N-])C[C@@H](C(=O)O[C@H]1[C@@H](O)[C@H](n2cnc3c(N)ncnc32)O[C@@H]1COP(=O)(O)[C@H]1C[C@H](N2/C=C\C(N)=NCOC2)O[C@@H]1COP(=O)(O)O)N(C)C(=O)OC(C)(C)C. The van der Waals surface area contributed by atoms with E-state index < -0.39 is 100 Å². The van der Waals surface area contributed by atoms with Gasteiger partial charge in [0.25, 0.3) is 0 Å². The van der Waals surface area contributed by atoms with Gasteiger partial charge >= 0.3 is 27.5 Å². The second-order valence-electron chi connectivity index (χ2n) is 16.1. The Kier molecular flexibility index (Phi) is 17.9. The van der Waals surface area contributed by atoms with Crippen molar-refractivity contribution < 1.29 is 71.2 Å². The van der Waals surface area contributed by atoms with Crippen molar-refractivity contribution in [3.63, 3.8) is 0 Å². The molecule has 0 bridgehead atoms. The summed E-state index contributed by atoms with van der Waals surface area (Å²) in [7, 11) is -5.92. The first-order chi connectivity index (χ1) is 30.5. The van der Waals surface area contributed by atoms with Gasteiger partial charge in [0.1, 0.15) is 61.2 Å². The van der Waals surface area contributed by atoms with Crippen LogP contribution in [0, 0.1) is 0 Å². The number of nitrogen functional groups attached to an aromatic ring is 1. The molecule has 0 aliphatic carbocycles. The molecule has 2 aromatic rings. The third kappa shape index (κ3) is 14.4. The Hall–Kier alpha value is -3.79. The molecule has 3 aliphatic rings. The van der Waals surface area contributed by atoms with Crippen LogP contribution in [-0.2, 0) is 46.7 Å². The van der Waals surface area contributed by atoms with Crippen LogP contribution in [0.2, 0.25) is 0 Å². The van der Waals surface area contributed by atoms with E-state index in [-0.39, 0.29) is 60.9 Å². The summed E-state index contributed by atoms with van der Waals surface area (Å²) >= 11 is 0. The first kappa shape index (κ1) is 52.2. The van der Waals surface area contributed by atoms with Gasteiger partial charge in [0.15, 0.2) is 23.8 Å². The smallest absolute Gasteiger partial charge is 0.455 e. The molecule has 1 amide bonds. The van der Waals surface area contributed by atoms with Crippen LogP contribution in [0.3, 0.4) is 0 Å². The third-order valence-electron chi connectivity index (χ3n) is 9.70. The van der Waals surface area contributed by atoms with Gasteiger partial charge in [0.05, 0.1) is 31.3 Å². The van der Waals surface area contributed by atoms with Crippen LogP contribution in [0.1, 0.15) is 53.7 Å². The Morgan fingerprint density at radius 2 is 1.83 bits per heavy atom. The van der Waals surface area contributed by atoms with Crippen LogP contribution in [0.15, 0.2) is 35.0 Å². The lowest BCUT2D eigenvalue weighted by Gasteiger charge is -2.32. The molecule has 0 saturated carbocycles. The highest BCUT2D eigenvalue weighted by Crippen LogP contribution is 2.55. The summed E-state index contributed by atoms with van der Waals surface area (Å²) in [6, 6.07) is -1.41. The number of phosphoric ester groups is 1. The number of ether oxygens (including phenoxy) is 5. The Morgan fingerprint density at radius 3 is 2.51 bits per heavy atom. The standard InChI is InChI=1S/C34H54N12O15P2S2/c1-18(2)64-65-19(11-42-43-37)9-20(44(6)33(49)61-34(3,4)5)32(48)60-28-22(59-31(27(28)47)46-15-40-26-29(36)38-14-39-30(26)46)13-56-62(50,51)23-10-25(58-21(23)12-57-63(52,53)54)45-8-7-24(35)41-16-55-17-45/h7-8,14-15,18-23,25,27-28,31,47H,9-13,16-17H2,1-6H3,(H2,35,41)(H,50,51)(H2,36,38,39)(H2,52,53,54)/b8-7-/t19?,20-,21+,22+,23-,25+,27+,28+,31+/m0/s1. The Labute approximate surface area is 380 Å². The maximum atomic E-state index is 14.5. The van der Waals surface area contributed by atoms with Crippen LogP contribution in [0.5, 0.6) is 0 Å². The molecule has 0 radical (unpaired) electrons. The molecule has 2 saturated heterocycles. The van der Waals surface area contributed by atoms with Crippen LogP contribution < -0.4 is 11.5 Å². The normalized spacial score (nSPS) is 26.4. The topological polar surface area (TPSA) is 377 Å². The first-order valence-electron chi connectivity index (χ1n) is 19.9. The molecule has 5 rings (SSSR count). The molecule has 10 atom stereocenters. The average Bonchev–Trinajstić information content (AvgIpc) is 3.93. The summed E-state index contributed by atoms with van der Waals surface area (Å²) in [4.78, 5) is 80.2. The second-order valence-corrected chi connectivity index (χ2v) is 22.6. The van der Waals surface area contributed by atoms with E-state index in [4.69, 9.17) is 45.2 Å². The van der Waals surface area contributed by atoms with Crippen molar-refractivity contribution in [3.8, 4) is 0 Å². The number of amidine groups is 1. The number of carbonyl (C=O) groups excluding carboxylic acids is 2. The Morgan fingerprint density at radius 1 is 1.11 bits per heavy atom. The molecule has 2 fully saturated rings. The van der Waals surface area contributed by atoms with Crippen molar-refractivity contribution in [1.29, 1.82) is 0 Å². The van der Waals surface area contributed by atoms with Crippen molar-refractivity contribution in [3.05, 3.63) is 35.4 Å². The molecule has 8 N–H and O–H groups in total. The molecule has 362 valence electrons. The lowest BCUT2D eigenvalue weighted by atomic mass is 10.1. The number of rotatable bonds is 19. The maximum absolute atomic E-state index is 14.5. The first-order valence-corrected chi connectivity index (χ1v) is 25.3. The summed E-state index contributed by atoms with van der Waals surface area (Å²) in [5.41, 5.74) is 18.8. The highest BCUT2D eigenvalue weighted by molar-refractivity contribution is 8.77. The molecule has 0 aromatic carbocycles. The summed E-state index contributed by atoms with van der Waals surface area (Å²) in [5, 5.41) is 15.2. The number of aliphatic hydroxyl groups excluding tert-OH is 1. The number of nitrogens with zero attached hydrogens (tertiary/aromatic N) is 10. The van der Waals surface area contributed by atoms with E-state index in [2.05, 4.69) is 34.5 Å². The number of hydrogen-bond acceptors (Lipinski definition) is 22. The minimum Gasteiger partial charge on any atom is -0.455 e. The largest absolute Gasteiger partial charge is 0.469 e. The minimum atomic E-state index is -5.09. The number of hydrogen-bond donors (Lipinski definition) is 6. The summed E-state index contributed by atoms with van der Waals surface area (Å²) < 4.78 is 66.9. The van der Waals surface area contributed by atoms with Crippen LogP contribution in [0.4, 0.5) is 10.6 Å². The van der Waals surface area contributed by atoms with E-state index in [0.29, 0.717) is 0 Å². The number of aliphatic hydroxyl groups is 1. The second kappa shape index (κ2) is 22.3. The van der Waals surface area contributed by atoms with Gasteiger partial charge in [-0.1, -0.05) is 40.5 Å². The number of anilines is 1. The highest BCUT2D eigenvalue weighted by atomic mass is 33.1. The van der Waals surface area contributed by atoms with E-state index >= 15 is 0 Å². The van der Waals surface area contributed by atoms with E-state index in [1.807, 2.05) is 13.8 Å². The average molecular weight is 997 g/mol. The number of fused-ring (bicyclic) bond motifs is 1. The number of aromatic nitrogens is 4. The van der Waals surface area contributed by atoms with Crippen molar-refractivity contribution in [2.45, 2.75) is 112 Å². The van der Waals surface area contributed by atoms with Gasteiger partial charge in [-0.05, 0) is 38.8 Å². The van der Waals surface area contributed by atoms with Crippen molar-refractivity contribution in [2.24, 2.45) is 15.8 Å². The maximum Gasteiger partial charge on any atom is 0.469 e. The van der Waals surface area contributed by atoms with Crippen LogP contribution in [0.25, 0.3) is 21.6 Å². The fourth-order valence-corrected chi connectivity index (χ4v) is 10.9. The zero-order chi connectivity index (χ0) is 47.9. The molecule has 31 heteroatoms. The molecule has 27 nitrogen and oxygen atoms in total. The molecule has 2 aromatic heterocycles. The number of aliphatic imine (C=N–C) groups is 1. The van der Waals surface area contributed by atoms with Crippen molar-refractivity contribution in [1.82, 2.24) is 29.3 Å². The number of carbonyl (C=O) groups is 2. The number of likely N-dealkylation sites (N-methyl/N-ethyl adjacent to an activating group) is 1. The lowest BCUT2D eigenvalue weighted by molar-refractivity contribution is -0.162. The summed E-state index contributed by atoms with van der Waals surface area (Å²) in [5.74, 6) is -0.928. The molecule has 65 heavy (non-hydrogen) atoms. The van der Waals surface area contributed by atoms with Crippen LogP contribution >= 0.6 is 37.0 Å². The minimum absolute atomic E-state index is 0.00544. The molecule has 5 heterocycles. The van der Waals surface area contributed by atoms with Gasteiger partial charge in [0.2, 0.25) is 0 Å². The van der Waals surface area contributed by atoms with Gasteiger partial charge in [-0.15, -0.1) is 0 Å². The monoisotopic (exact) mass is 996 g/mol. The van der Waals surface area contributed by atoms with Crippen molar-refractivity contribution in [2.75, 3.05) is 46.0 Å². The van der Waals surface area contributed by atoms with E-state index in [1.54, 1.807) is 20.8 Å². The fourth-order valence-electron chi connectivity index (χ4n) is 6.66. The van der Waals surface area contributed by atoms with Gasteiger partial charge in [-0.25, -0.2) is 34.1 Å². The van der Waals surface area contributed by atoms with Crippen molar-refractivity contribution >= 4 is 71.9 Å². The fraction of sp³-hybridized carbons (Fsp3) is 0.706. The predicted octanol–water partition coefficient (Wildman–Crippen LogP) is 2.59. The molecule has 0 spiro atoms. The lowest BCUT2D eigenvalue weighted by Crippen LogP contribution is -2.49. The number of amides is 1. The number of phosphoric acid groups is 1. The quantitative estimate of drug-likeness (QED) is 0.0294. The Bertz CT molecular complexity index is 2190. The number of azide groups is 1. The highest BCUT2D eigenvalue weighted by Gasteiger charge is 2.53. The van der Waals surface area contributed by atoms with Gasteiger partial charge < -0.3 is 64.4 Å². The van der Waals surface area contributed by atoms with Gasteiger partial charge in [-0.2, -0.15) is 0 Å². The molecular weight excluding hydrogens is 943 g/mol. The molecule has 2 unspecified atom stereocenters. The van der Waals surface area contributed by atoms with E-state index in [9.17, 15) is 38.5 Å². The summed E-state index contributed by atoms with van der Waals surface area (Å²) in [6.45, 7) is 6.86. The molecular formula is C34H54N12O15P2S2. The Balaban J connectivity index is 1.46. The predicted molar refractivity (Wildman–Crippen MR) is 234 cm³/mol. The van der Waals surface area contributed by atoms with Gasteiger partial charge in [0, 0.05) is 41.6 Å². The third-order valence-corrected chi connectivity index (χ3v) is 15.5. The molecule has 3 aliphatic heterocycles. The van der Waals surface area contributed by atoms with E-state index in [0.717, 1.165) is 11.2 Å². The number of nitrogens with two attached hydrogens (primary N) is 2.